The summed E-state index contributed by atoms with van der Waals surface area (Å²) in [6, 6.07) is 27.1. The van der Waals surface area contributed by atoms with Gasteiger partial charge in [0, 0.05) is 53.0 Å². The molecule has 0 N–H and O–H groups in total. The first kappa shape index (κ1) is 19.5. The molecule has 0 saturated carbocycles. The van der Waals surface area contributed by atoms with E-state index in [2.05, 4.69) is 24.3 Å². The Morgan fingerprint density at radius 1 is 0.500 bits per heavy atom. The molecule has 0 amide bonds. The molecule has 0 atom stereocenters. The number of aromatic nitrogens is 3. The summed E-state index contributed by atoms with van der Waals surface area (Å²) in [5.74, 6) is 0.510. The second-order valence-corrected chi connectivity index (χ2v) is 12.3. The summed E-state index contributed by atoms with van der Waals surface area (Å²) in [7, 11) is 0. The second kappa shape index (κ2) is 10.7. The zero-order chi connectivity index (χ0) is 39.4. The van der Waals surface area contributed by atoms with E-state index in [-0.39, 0.29) is 55.7 Å². The molecule has 3 aromatic heterocycles. The third-order valence-electron chi connectivity index (χ3n) is 8.49. The Hall–Kier alpha value is -6.17. The molecular formula is C43H25N3OS. The van der Waals surface area contributed by atoms with Crippen molar-refractivity contribution < 1.29 is 16.8 Å². The number of hydrogen-bond donors (Lipinski definition) is 0. The van der Waals surface area contributed by atoms with E-state index in [1.54, 1.807) is 11.3 Å². The minimum absolute atomic E-state index is 0.0190. The second-order valence-electron chi connectivity index (χ2n) is 11.3. The molecule has 0 aliphatic rings. The van der Waals surface area contributed by atoms with Gasteiger partial charge in [0.1, 0.15) is 11.2 Å². The van der Waals surface area contributed by atoms with Crippen LogP contribution in [0.15, 0.2) is 156 Å². The van der Waals surface area contributed by atoms with Crippen molar-refractivity contribution in [2.24, 2.45) is 0 Å². The van der Waals surface area contributed by atoms with Gasteiger partial charge in [-0.25, -0.2) is 15.0 Å². The maximum absolute atomic E-state index is 9.31. The highest BCUT2D eigenvalue weighted by Gasteiger charge is 2.21. The molecule has 7 aromatic carbocycles. The number of hydrogen-bond acceptors (Lipinski definition) is 5. The topological polar surface area (TPSA) is 51.8 Å². The summed E-state index contributed by atoms with van der Waals surface area (Å²) >= 11 is 1.66. The highest BCUT2D eigenvalue weighted by Crippen LogP contribution is 2.45. The van der Waals surface area contributed by atoms with Gasteiger partial charge in [0.25, 0.3) is 0 Å². The van der Waals surface area contributed by atoms with Gasteiger partial charge < -0.3 is 4.42 Å². The van der Waals surface area contributed by atoms with Gasteiger partial charge in [-0.1, -0.05) is 127 Å². The lowest BCUT2D eigenvalue weighted by Crippen LogP contribution is -2.00. The van der Waals surface area contributed by atoms with Crippen LogP contribution in [-0.2, 0) is 0 Å². The van der Waals surface area contributed by atoms with Crippen molar-refractivity contribution in [3.8, 4) is 45.3 Å². The van der Waals surface area contributed by atoms with Crippen molar-refractivity contribution in [1.29, 1.82) is 0 Å². The van der Waals surface area contributed by atoms with E-state index >= 15 is 0 Å². The molecule has 0 aliphatic heterocycles. The molecule has 4 nitrogen and oxygen atoms in total. The van der Waals surface area contributed by atoms with Crippen molar-refractivity contribution in [3.63, 3.8) is 0 Å². The average molecular weight is 641 g/mol. The van der Waals surface area contributed by atoms with Crippen LogP contribution in [0.25, 0.3) is 98.2 Å². The summed E-state index contributed by atoms with van der Waals surface area (Å²) in [4.78, 5) is 14.9. The maximum Gasteiger partial charge on any atom is 0.164 e. The predicted molar refractivity (Wildman–Crippen MR) is 199 cm³/mol. The standard InChI is InChI=1S/C43H25N3OS/c1-3-12-26(13-4-1)30-24-25-34(38-31-18-9-10-21-36(31)48-40(30)38)43-45-41(28-15-5-2-6-16-28)44-42(46-43)33-19-11-20-35-37(33)32-23-22-27-14-7-8-17-29(27)39(32)47-35/h1-25H/i7D,8D,11D,14D,17D,19D,20D,22D,23D. The zero-order valence-corrected chi connectivity index (χ0v) is 25.7. The van der Waals surface area contributed by atoms with Crippen molar-refractivity contribution in [3.05, 3.63) is 151 Å². The van der Waals surface area contributed by atoms with Crippen LogP contribution in [0.3, 0.4) is 0 Å². The fraction of sp³-hybridized carbons (Fsp3) is 0. The van der Waals surface area contributed by atoms with Crippen molar-refractivity contribution in [2.75, 3.05) is 0 Å². The average Bonchev–Trinajstić information content (AvgIpc) is 3.83. The van der Waals surface area contributed by atoms with E-state index in [0.29, 0.717) is 11.1 Å². The molecule has 0 aliphatic carbocycles. The fourth-order valence-corrected chi connectivity index (χ4v) is 7.58. The van der Waals surface area contributed by atoms with Gasteiger partial charge in [-0.05, 0) is 40.7 Å². The summed E-state index contributed by atoms with van der Waals surface area (Å²) < 4.78 is 87.6. The van der Waals surface area contributed by atoms with Gasteiger partial charge >= 0.3 is 0 Å². The van der Waals surface area contributed by atoms with Crippen molar-refractivity contribution in [2.45, 2.75) is 0 Å². The molecule has 0 unspecified atom stereocenters. The lowest BCUT2D eigenvalue weighted by Gasteiger charge is -2.12. The first-order valence-electron chi connectivity index (χ1n) is 19.7. The summed E-state index contributed by atoms with van der Waals surface area (Å²) in [6.07, 6.45) is 0. The van der Waals surface area contributed by atoms with Gasteiger partial charge in [-0.2, -0.15) is 0 Å². The van der Waals surface area contributed by atoms with Crippen LogP contribution in [0.4, 0.5) is 0 Å². The number of benzene rings is 7. The smallest absolute Gasteiger partial charge is 0.164 e. The normalized spacial score (nSPS) is 14.4. The van der Waals surface area contributed by atoms with Gasteiger partial charge in [0.05, 0.1) is 12.3 Å². The first-order chi connectivity index (χ1) is 27.5. The van der Waals surface area contributed by atoms with Crippen LogP contribution < -0.4 is 0 Å². The minimum Gasteiger partial charge on any atom is -0.455 e. The number of thiophene rings is 1. The highest BCUT2D eigenvalue weighted by molar-refractivity contribution is 7.26. The van der Waals surface area contributed by atoms with Crippen LogP contribution in [0.1, 0.15) is 12.3 Å². The predicted octanol–water partition coefficient (Wildman–Crippen LogP) is 12.0. The Bertz CT molecular complexity index is 3350. The highest BCUT2D eigenvalue weighted by atomic mass is 32.1. The Kier molecular flexibility index (Phi) is 4.34. The van der Waals surface area contributed by atoms with E-state index in [1.807, 2.05) is 72.8 Å². The van der Waals surface area contributed by atoms with E-state index < -0.39 is 54.4 Å². The van der Waals surface area contributed by atoms with Gasteiger partial charge in [-0.3, -0.25) is 0 Å². The molecule has 0 radical (unpaired) electrons. The number of rotatable bonds is 4. The molecule has 0 bridgehead atoms. The van der Waals surface area contributed by atoms with E-state index in [1.165, 1.54) is 0 Å². The summed E-state index contributed by atoms with van der Waals surface area (Å²) in [5, 5.41) is 1.55. The molecule has 224 valence electrons. The third-order valence-corrected chi connectivity index (χ3v) is 9.70. The van der Waals surface area contributed by atoms with Gasteiger partial charge in [0.15, 0.2) is 17.5 Å². The SMILES string of the molecule is [2H]c1c([2H])c(-c2nc(-c3ccccc3)nc(-c3ccc(-c4ccccc4)c4sc5ccccc5c34)n2)c2c(oc3c4c([2H])c([2H])c([2H])c([2H])c4c([2H])c([2H])c32)c1[2H]. The molecule has 0 saturated heterocycles. The monoisotopic (exact) mass is 640 g/mol. The summed E-state index contributed by atoms with van der Waals surface area (Å²) in [6.45, 7) is 0. The number of furan rings is 1. The summed E-state index contributed by atoms with van der Waals surface area (Å²) in [5.41, 5.74) is 3.04. The van der Waals surface area contributed by atoms with Crippen LogP contribution in [0.5, 0.6) is 0 Å². The van der Waals surface area contributed by atoms with Crippen molar-refractivity contribution in [1.82, 2.24) is 15.0 Å². The fourth-order valence-electron chi connectivity index (χ4n) is 6.32. The molecule has 0 spiro atoms. The number of fused-ring (bicyclic) bond motifs is 8. The Morgan fingerprint density at radius 3 is 2.06 bits per heavy atom. The lowest BCUT2D eigenvalue weighted by atomic mass is 9.98. The third kappa shape index (κ3) is 4.18. The molecule has 10 aromatic rings. The van der Waals surface area contributed by atoms with Crippen LogP contribution >= 0.6 is 11.3 Å². The van der Waals surface area contributed by atoms with Gasteiger partial charge in [-0.15, -0.1) is 11.3 Å². The van der Waals surface area contributed by atoms with Crippen LogP contribution in [0.2, 0.25) is 0 Å². The number of nitrogens with zero attached hydrogens (tertiary/aromatic N) is 3. The van der Waals surface area contributed by atoms with Gasteiger partial charge in [0.2, 0.25) is 0 Å². The maximum atomic E-state index is 9.31. The Morgan fingerprint density at radius 2 is 1.21 bits per heavy atom. The molecule has 0 fully saturated rings. The zero-order valence-electron chi connectivity index (χ0n) is 33.9. The van der Waals surface area contributed by atoms with Crippen LogP contribution in [-0.4, -0.2) is 15.0 Å². The van der Waals surface area contributed by atoms with E-state index in [9.17, 15) is 2.74 Å². The first-order valence-corrected chi connectivity index (χ1v) is 16.0. The molecule has 5 heteroatoms. The largest absolute Gasteiger partial charge is 0.455 e. The van der Waals surface area contributed by atoms with Crippen LogP contribution in [0, 0.1) is 0 Å². The Labute approximate surface area is 292 Å². The minimum atomic E-state index is -0.560. The molecular weight excluding hydrogens is 607 g/mol. The van der Waals surface area contributed by atoms with Crippen molar-refractivity contribution >= 4 is 64.2 Å². The molecule has 10 rings (SSSR count). The quantitative estimate of drug-likeness (QED) is 0.192. The Balaban J connectivity index is 1.35. The molecule has 3 heterocycles. The molecule has 48 heavy (non-hydrogen) atoms. The van der Waals surface area contributed by atoms with E-state index in [4.69, 9.17) is 29.0 Å². The van der Waals surface area contributed by atoms with E-state index in [0.717, 1.165) is 31.3 Å². The lowest BCUT2D eigenvalue weighted by molar-refractivity contribution is 0.672.